The smallest absolute Gasteiger partial charge is 0.221 e. The van der Waals surface area contributed by atoms with Gasteiger partial charge in [-0.15, -0.1) is 0 Å². The Labute approximate surface area is 154 Å². The molecule has 3 rings (SSSR count). The van der Waals surface area contributed by atoms with Gasteiger partial charge in [-0.2, -0.15) is 0 Å². The van der Waals surface area contributed by atoms with Crippen LogP contribution < -0.4 is 10.1 Å². The van der Waals surface area contributed by atoms with Crippen LogP contribution in [0.4, 0.5) is 0 Å². The van der Waals surface area contributed by atoms with Crippen LogP contribution in [0.3, 0.4) is 0 Å². The molecular formula is C21H25N3O2. The van der Waals surface area contributed by atoms with Gasteiger partial charge in [-0.05, 0) is 48.7 Å². The molecule has 2 heterocycles. The van der Waals surface area contributed by atoms with Crippen LogP contribution in [0.15, 0.2) is 48.8 Å². The molecule has 0 saturated heterocycles. The van der Waals surface area contributed by atoms with Crippen molar-refractivity contribution in [1.29, 1.82) is 0 Å². The number of hydrogen-bond acceptors (Lipinski definition) is 3. The van der Waals surface area contributed by atoms with Gasteiger partial charge in [0.2, 0.25) is 5.91 Å². The number of aryl methyl sites for hydroxylation is 1. The van der Waals surface area contributed by atoms with Gasteiger partial charge in [0.25, 0.3) is 0 Å². The van der Waals surface area contributed by atoms with Crippen LogP contribution in [0.2, 0.25) is 0 Å². The maximum Gasteiger partial charge on any atom is 0.221 e. The first-order valence-corrected chi connectivity index (χ1v) is 8.96. The molecule has 2 aromatic heterocycles. The summed E-state index contributed by atoms with van der Waals surface area (Å²) in [6, 6.07) is 12.0. The highest BCUT2D eigenvalue weighted by atomic mass is 16.5. The minimum absolute atomic E-state index is 0.0433. The van der Waals surface area contributed by atoms with Crippen molar-refractivity contribution >= 4 is 11.6 Å². The Morgan fingerprint density at radius 1 is 1.31 bits per heavy atom. The first-order valence-electron chi connectivity index (χ1n) is 8.96. The monoisotopic (exact) mass is 351 g/mol. The summed E-state index contributed by atoms with van der Waals surface area (Å²) in [5, 5.41) is 2.98. The second-order valence-electron chi connectivity index (χ2n) is 6.50. The molecule has 1 aromatic carbocycles. The number of pyridine rings is 1. The van der Waals surface area contributed by atoms with E-state index in [1.165, 1.54) is 0 Å². The first-order chi connectivity index (χ1) is 12.6. The van der Waals surface area contributed by atoms with Crippen LogP contribution in [0.5, 0.6) is 5.75 Å². The molecule has 0 radical (unpaired) electrons. The van der Waals surface area contributed by atoms with Crippen LogP contribution in [-0.2, 0) is 4.79 Å². The van der Waals surface area contributed by atoms with Crippen molar-refractivity contribution in [3.8, 4) is 5.75 Å². The van der Waals surface area contributed by atoms with Crippen LogP contribution in [0.25, 0.3) is 5.65 Å². The van der Waals surface area contributed by atoms with E-state index in [1.54, 1.807) is 7.11 Å². The van der Waals surface area contributed by atoms with Gasteiger partial charge in [0.1, 0.15) is 11.4 Å². The number of hydrogen-bond donors (Lipinski definition) is 1. The molecular weight excluding hydrogens is 326 g/mol. The zero-order chi connectivity index (χ0) is 18.5. The molecule has 26 heavy (non-hydrogen) atoms. The number of nitrogens with zero attached hydrogens (tertiary/aromatic N) is 2. The summed E-state index contributed by atoms with van der Waals surface area (Å²) in [7, 11) is 1.65. The summed E-state index contributed by atoms with van der Waals surface area (Å²) >= 11 is 0. The van der Waals surface area contributed by atoms with Gasteiger partial charge < -0.3 is 14.5 Å². The molecule has 5 nitrogen and oxygen atoms in total. The lowest BCUT2D eigenvalue weighted by atomic mass is 9.92. The highest BCUT2D eigenvalue weighted by molar-refractivity contribution is 5.77. The van der Waals surface area contributed by atoms with Crippen LogP contribution in [0.1, 0.15) is 42.5 Å². The van der Waals surface area contributed by atoms with Crippen molar-refractivity contribution in [3.63, 3.8) is 0 Å². The lowest BCUT2D eigenvalue weighted by Crippen LogP contribution is -2.26. The minimum Gasteiger partial charge on any atom is -0.497 e. The third-order valence-corrected chi connectivity index (χ3v) is 4.51. The summed E-state index contributed by atoms with van der Waals surface area (Å²) in [4.78, 5) is 17.0. The predicted molar refractivity (Wildman–Crippen MR) is 103 cm³/mol. The molecule has 0 saturated carbocycles. The molecule has 0 aliphatic carbocycles. The molecule has 1 atom stereocenters. The number of aromatic nitrogens is 2. The Kier molecular flexibility index (Phi) is 5.56. The zero-order valence-corrected chi connectivity index (χ0v) is 15.5. The molecule has 1 amide bonds. The fraction of sp³-hybridized carbons (Fsp3) is 0.333. The largest absolute Gasteiger partial charge is 0.497 e. The average Bonchev–Trinajstić information content (AvgIpc) is 3.07. The summed E-state index contributed by atoms with van der Waals surface area (Å²) in [5.41, 5.74) is 4.09. The van der Waals surface area contributed by atoms with E-state index >= 15 is 0 Å². The van der Waals surface area contributed by atoms with Crippen molar-refractivity contribution in [2.75, 3.05) is 13.7 Å². The number of nitrogens with one attached hydrogen (secondary N) is 1. The van der Waals surface area contributed by atoms with Crippen molar-refractivity contribution in [1.82, 2.24) is 14.7 Å². The van der Waals surface area contributed by atoms with E-state index in [0.29, 0.717) is 13.0 Å². The van der Waals surface area contributed by atoms with Gasteiger partial charge in [-0.25, -0.2) is 4.98 Å². The number of methoxy groups -OCH3 is 1. The fourth-order valence-electron chi connectivity index (χ4n) is 3.13. The topological polar surface area (TPSA) is 55.6 Å². The number of ether oxygens (including phenoxy) is 1. The molecule has 0 unspecified atom stereocenters. The van der Waals surface area contributed by atoms with Crippen molar-refractivity contribution < 1.29 is 9.53 Å². The Hall–Kier alpha value is -2.82. The van der Waals surface area contributed by atoms with Crippen LogP contribution >= 0.6 is 0 Å². The molecule has 0 bridgehead atoms. The quantitative estimate of drug-likeness (QED) is 0.706. The van der Waals surface area contributed by atoms with E-state index in [9.17, 15) is 4.79 Å². The van der Waals surface area contributed by atoms with Gasteiger partial charge in [-0.3, -0.25) is 4.79 Å². The van der Waals surface area contributed by atoms with E-state index in [2.05, 4.69) is 20.8 Å². The lowest BCUT2D eigenvalue weighted by Gasteiger charge is -2.18. The molecule has 0 spiro atoms. The maximum atomic E-state index is 12.5. The Balaban J connectivity index is 2.02. The summed E-state index contributed by atoms with van der Waals surface area (Å²) in [5.74, 6) is 0.729. The van der Waals surface area contributed by atoms with Gasteiger partial charge >= 0.3 is 0 Å². The number of carbonyl (C=O) groups is 1. The van der Waals surface area contributed by atoms with Crippen LogP contribution in [0, 0.1) is 6.92 Å². The Bertz CT molecular complexity index is 901. The maximum absolute atomic E-state index is 12.5. The summed E-state index contributed by atoms with van der Waals surface area (Å²) < 4.78 is 7.43. The minimum atomic E-state index is -0.0975. The second kappa shape index (κ2) is 8.04. The number of fused-ring (bicyclic) bond motifs is 1. The molecule has 5 heteroatoms. The molecule has 1 N–H and O–H groups in total. The van der Waals surface area contributed by atoms with E-state index in [1.807, 2.05) is 56.6 Å². The highest BCUT2D eigenvalue weighted by Crippen LogP contribution is 2.31. The average molecular weight is 351 g/mol. The Morgan fingerprint density at radius 2 is 2.15 bits per heavy atom. The third-order valence-electron chi connectivity index (χ3n) is 4.51. The summed E-state index contributed by atoms with van der Waals surface area (Å²) in [6.07, 6.45) is 5.18. The number of imidazole rings is 1. The number of rotatable bonds is 7. The predicted octanol–water partition coefficient (Wildman–Crippen LogP) is 3.70. The molecule has 0 fully saturated rings. The molecule has 0 aliphatic rings. The van der Waals surface area contributed by atoms with Gasteiger partial charge in [0.05, 0.1) is 12.8 Å². The van der Waals surface area contributed by atoms with Crippen molar-refractivity contribution in [2.45, 2.75) is 32.6 Å². The van der Waals surface area contributed by atoms with Crippen LogP contribution in [-0.4, -0.2) is 28.9 Å². The standard InChI is InChI=1S/C21H25N3O2/c1-4-9-22-21(25)13-18(16-6-5-7-17(12-16)26-3)19-14-23-20-11-15(2)8-10-24(19)20/h5-8,10-12,14,18H,4,9,13H2,1-3H3,(H,22,25)/t18-/m1/s1. The number of amides is 1. The second-order valence-corrected chi connectivity index (χ2v) is 6.50. The summed E-state index contributed by atoms with van der Waals surface area (Å²) in [6.45, 7) is 4.79. The van der Waals surface area contributed by atoms with Crippen molar-refractivity contribution in [2.24, 2.45) is 0 Å². The van der Waals surface area contributed by atoms with E-state index < -0.39 is 0 Å². The van der Waals surface area contributed by atoms with Crippen molar-refractivity contribution in [3.05, 3.63) is 65.6 Å². The van der Waals surface area contributed by atoms with E-state index in [0.717, 1.165) is 34.6 Å². The van der Waals surface area contributed by atoms with Gasteiger partial charge in [-0.1, -0.05) is 19.1 Å². The molecule has 3 aromatic rings. The van der Waals surface area contributed by atoms with Gasteiger partial charge in [0.15, 0.2) is 0 Å². The van der Waals surface area contributed by atoms with Gasteiger partial charge in [0, 0.05) is 31.3 Å². The zero-order valence-electron chi connectivity index (χ0n) is 15.5. The molecule has 136 valence electrons. The first kappa shape index (κ1) is 18.0. The normalized spacial score (nSPS) is 12.1. The molecule has 0 aliphatic heterocycles. The SMILES string of the molecule is CCCNC(=O)C[C@H](c1cccc(OC)c1)c1cnc2cc(C)ccn12. The highest BCUT2D eigenvalue weighted by Gasteiger charge is 2.22. The van der Waals surface area contributed by atoms with E-state index in [4.69, 9.17) is 4.74 Å². The van der Waals surface area contributed by atoms with E-state index in [-0.39, 0.29) is 11.8 Å². The third kappa shape index (κ3) is 3.87. The number of carbonyl (C=O) groups excluding carboxylic acids is 1. The lowest BCUT2D eigenvalue weighted by molar-refractivity contribution is -0.121. The Morgan fingerprint density at radius 3 is 2.92 bits per heavy atom. The fourth-order valence-corrected chi connectivity index (χ4v) is 3.13. The number of benzene rings is 1.